The molecule has 0 N–H and O–H groups in total. The van der Waals surface area contributed by atoms with Crippen LogP contribution in [0.3, 0.4) is 0 Å². The summed E-state index contributed by atoms with van der Waals surface area (Å²) in [5.41, 5.74) is 3.21. The number of hydrogen-bond acceptors (Lipinski definition) is 0. The van der Waals surface area contributed by atoms with E-state index < -0.39 is 20.8 Å². The molecule has 0 fully saturated rings. The summed E-state index contributed by atoms with van der Waals surface area (Å²) >= 11 is -0.826. The van der Waals surface area contributed by atoms with Gasteiger partial charge in [0, 0.05) is 0 Å². The van der Waals surface area contributed by atoms with Gasteiger partial charge in [0.15, 0.2) is 0 Å². The molecule has 0 bridgehead atoms. The van der Waals surface area contributed by atoms with Gasteiger partial charge in [-0.2, -0.15) is 0 Å². The predicted molar refractivity (Wildman–Crippen MR) is 66.9 cm³/mol. The van der Waals surface area contributed by atoms with Crippen molar-refractivity contribution in [3.8, 4) is 0 Å². The van der Waals surface area contributed by atoms with Crippen molar-refractivity contribution in [2.45, 2.75) is 46.5 Å². The van der Waals surface area contributed by atoms with E-state index in [1.54, 1.807) is 11.1 Å². The van der Waals surface area contributed by atoms with Crippen molar-refractivity contribution in [3.05, 3.63) is 23.3 Å². The van der Waals surface area contributed by atoms with Crippen LogP contribution < -0.4 is 0 Å². The van der Waals surface area contributed by atoms with Gasteiger partial charge in [-0.1, -0.05) is 50.5 Å². The summed E-state index contributed by atoms with van der Waals surface area (Å²) in [4.78, 5) is 0. The minimum atomic E-state index is -0.826. The molecular formula is C12H20Cl2Zr. The Kier molecular flexibility index (Phi) is 10.8. The molecule has 0 aromatic carbocycles. The third-order valence-electron chi connectivity index (χ3n) is 2.65. The Morgan fingerprint density at radius 2 is 1.87 bits per heavy atom. The average molecular weight is 326 g/mol. The van der Waals surface area contributed by atoms with Crippen LogP contribution in [0.2, 0.25) is 0 Å². The molecule has 0 heterocycles. The molecule has 0 aliphatic heterocycles. The van der Waals surface area contributed by atoms with Crippen molar-refractivity contribution in [2.75, 3.05) is 0 Å². The molecule has 0 radical (unpaired) electrons. The van der Waals surface area contributed by atoms with Crippen LogP contribution in [0.1, 0.15) is 46.5 Å². The summed E-state index contributed by atoms with van der Waals surface area (Å²) in [7, 11) is 9.87. The molecular weight excluding hydrogens is 306 g/mol. The molecule has 1 aliphatic carbocycles. The maximum atomic E-state index is 4.93. The van der Waals surface area contributed by atoms with E-state index in [0.29, 0.717) is 0 Å². The molecule has 0 nitrogen and oxygen atoms in total. The van der Waals surface area contributed by atoms with E-state index in [-0.39, 0.29) is 0 Å². The first kappa shape index (κ1) is 15.9. The van der Waals surface area contributed by atoms with Crippen LogP contribution in [0.25, 0.3) is 0 Å². The fourth-order valence-corrected chi connectivity index (χ4v) is 1.95. The molecule has 1 rings (SSSR count). The van der Waals surface area contributed by atoms with Gasteiger partial charge in [0.2, 0.25) is 0 Å². The topological polar surface area (TPSA) is 0 Å². The second-order valence-electron chi connectivity index (χ2n) is 3.65. The van der Waals surface area contributed by atoms with Gasteiger partial charge in [0.1, 0.15) is 0 Å². The third-order valence-corrected chi connectivity index (χ3v) is 2.65. The summed E-state index contributed by atoms with van der Waals surface area (Å²) in [5, 5.41) is 0. The van der Waals surface area contributed by atoms with Gasteiger partial charge in [-0.3, -0.25) is 0 Å². The number of halogens is 2. The van der Waals surface area contributed by atoms with Crippen molar-refractivity contribution >= 4 is 17.0 Å². The van der Waals surface area contributed by atoms with Crippen LogP contribution >= 0.6 is 17.0 Å². The van der Waals surface area contributed by atoms with E-state index in [9.17, 15) is 0 Å². The van der Waals surface area contributed by atoms with E-state index >= 15 is 0 Å². The molecule has 0 aromatic heterocycles. The van der Waals surface area contributed by atoms with Crippen molar-refractivity contribution in [1.29, 1.82) is 0 Å². The Balaban J connectivity index is 0.000000583. The Hall–Kier alpha value is 0.943. The fourth-order valence-electron chi connectivity index (χ4n) is 1.95. The van der Waals surface area contributed by atoms with Gasteiger partial charge in [0.25, 0.3) is 0 Å². The van der Waals surface area contributed by atoms with Gasteiger partial charge in [0.05, 0.1) is 0 Å². The number of hydrogen-bond donors (Lipinski definition) is 0. The van der Waals surface area contributed by atoms with Crippen molar-refractivity contribution in [1.82, 2.24) is 0 Å². The van der Waals surface area contributed by atoms with Crippen molar-refractivity contribution in [3.63, 3.8) is 0 Å². The van der Waals surface area contributed by atoms with Gasteiger partial charge in [-0.15, -0.1) is 0 Å². The van der Waals surface area contributed by atoms with E-state index in [4.69, 9.17) is 17.0 Å². The zero-order valence-corrected chi connectivity index (χ0v) is 13.8. The third kappa shape index (κ3) is 6.29. The quantitative estimate of drug-likeness (QED) is 0.643. The monoisotopic (exact) mass is 324 g/mol. The van der Waals surface area contributed by atoms with Gasteiger partial charge in [-0.25, -0.2) is 0 Å². The summed E-state index contributed by atoms with van der Waals surface area (Å²) < 4.78 is 0. The summed E-state index contributed by atoms with van der Waals surface area (Å²) in [5.74, 6) is 0.761. The van der Waals surface area contributed by atoms with Crippen LogP contribution in [0, 0.1) is 5.92 Å². The van der Waals surface area contributed by atoms with Crippen LogP contribution in [0.4, 0.5) is 0 Å². The second kappa shape index (κ2) is 10.1. The number of rotatable bonds is 4. The Morgan fingerprint density at radius 1 is 1.27 bits per heavy atom. The SMILES string of the molecule is CCCC1=CC(CC)C(CC)=C1.[Cl][Zr][Cl]. The molecule has 1 unspecified atom stereocenters. The maximum absolute atomic E-state index is 4.93. The summed E-state index contributed by atoms with van der Waals surface area (Å²) in [6, 6.07) is 0. The zero-order valence-electron chi connectivity index (χ0n) is 9.82. The van der Waals surface area contributed by atoms with E-state index in [1.807, 2.05) is 0 Å². The van der Waals surface area contributed by atoms with Gasteiger partial charge >= 0.3 is 37.9 Å². The molecule has 86 valence electrons. The van der Waals surface area contributed by atoms with Crippen molar-refractivity contribution < 1.29 is 20.8 Å². The Labute approximate surface area is 113 Å². The van der Waals surface area contributed by atoms with Crippen LogP contribution in [-0.2, 0) is 20.8 Å². The van der Waals surface area contributed by atoms with E-state index in [0.717, 1.165) is 5.92 Å². The second-order valence-corrected chi connectivity index (χ2v) is 7.38. The molecule has 0 aromatic rings. The van der Waals surface area contributed by atoms with Gasteiger partial charge < -0.3 is 0 Å². The summed E-state index contributed by atoms with van der Waals surface area (Å²) in [6.07, 6.45) is 9.91. The van der Waals surface area contributed by atoms with Crippen LogP contribution in [-0.4, -0.2) is 0 Å². The Bertz CT molecular complexity index is 222. The molecule has 0 saturated heterocycles. The van der Waals surface area contributed by atoms with Crippen molar-refractivity contribution in [2.24, 2.45) is 5.92 Å². The first-order valence-electron chi connectivity index (χ1n) is 5.60. The van der Waals surface area contributed by atoms with Crippen LogP contribution in [0.5, 0.6) is 0 Å². The zero-order chi connectivity index (χ0) is 11.7. The molecule has 0 saturated carbocycles. The standard InChI is InChI=1S/C12H20.2ClH.Zr/c1-4-7-10-8-11(5-2)12(6-3)9-10;;;/h8-9,11H,4-7H2,1-3H3;2*1H;/q;;;+2/p-2. The molecule has 0 spiro atoms. The van der Waals surface area contributed by atoms with E-state index in [1.165, 1.54) is 25.7 Å². The van der Waals surface area contributed by atoms with Gasteiger partial charge in [-0.05, 0) is 25.2 Å². The molecule has 15 heavy (non-hydrogen) atoms. The minimum absolute atomic E-state index is 0.761. The first-order chi connectivity index (χ1) is 7.23. The average Bonchev–Trinajstić information content (AvgIpc) is 2.62. The molecule has 1 atom stereocenters. The molecule has 0 amide bonds. The molecule has 1 aliphatic rings. The Morgan fingerprint density at radius 3 is 2.20 bits per heavy atom. The predicted octanol–water partition coefficient (Wildman–Crippen LogP) is 5.47. The normalized spacial score (nSPS) is 18.9. The number of allylic oxidation sites excluding steroid dienone is 4. The summed E-state index contributed by atoms with van der Waals surface area (Å²) in [6.45, 7) is 6.79. The van der Waals surface area contributed by atoms with E-state index in [2.05, 4.69) is 32.9 Å². The fraction of sp³-hybridized carbons (Fsp3) is 0.667. The first-order valence-corrected chi connectivity index (χ1v) is 11.9. The van der Waals surface area contributed by atoms with Crippen LogP contribution in [0.15, 0.2) is 23.3 Å². The molecule has 3 heteroatoms.